The summed E-state index contributed by atoms with van der Waals surface area (Å²) in [6.07, 6.45) is 0.534. The van der Waals surface area contributed by atoms with Gasteiger partial charge >= 0.3 is 0 Å². The summed E-state index contributed by atoms with van der Waals surface area (Å²) < 4.78 is 10.1. The summed E-state index contributed by atoms with van der Waals surface area (Å²) in [6, 6.07) is 5.26. The molecule has 2 rings (SSSR count). The van der Waals surface area contributed by atoms with Crippen LogP contribution in [0.3, 0.4) is 0 Å². The highest BCUT2D eigenvalue weighted by molar-refractivity contribution is 14.0. The van der Waals surface area contributed by atoms with Crippen LogP contribution in [0.5, 0.6) is 5.75 Å². The van der Waals surface area contributed by atoms with Gasteiger partial charge in [-0.2, -0.15) is 4.98 Å². The molecule has 0 unspecified atom stereocenters. The van der Waals surface area contributed by atoms with Crippen LogP contribution in [-0.4, -0.2) is 29.8 Å². The van der Waals surface area contributed by atoms with Crippen molar-refractivity contribution in [2.24, 2.45) is 10.7 Å². The highest BCUT2D eigenvalue weighted by Gasteiger charge is 2.04. The minimum atomic E-state index is 0. The van der Waals surface area contributed by atoms with Gasteiger partial charge in [-0.1, -0.05) is 16.8 Å². The van der Waals surface area contributed by atoms with Gasteiger partial charge in [-0.25, -0.2) is 0 Å². The van der Waals surface area contributed by atoms with Crippen LogP contribution in [0.25, 0.3) is 0 Å². The van der Waals surface area contributed by atoms with Crippen LogP contribution < -0.4 is 15.8 Å². The predicted octanol–water partition coefficient (Wildman–Crippen LogP) is 2.63. The van der Waals surface area contributed by atoms with E-state index in [1.54, 1.807) is 32.2 Å². The molecule has 1 heterocycles. The van der Waals surface area contributed by atoms with Crippen LogP contribution in [0.2, 0.25) is 5.02 Å². The van der Waals surface area contributed by atoms with E-state index in [4.69, 9.17) is 26.6 Å². The van der Waals surface area contributed by atoms with Crippen LogP contribution in [0.15, 0.2) is 27.7 Å². The van der Waals surface area contributed by atoms with E-state index in [0.717, 1.165) is 5.69 Å². The maximum Gasteiger partial charge on any atom is 0.228 e. The lowest BCUT2D eigenvalue weighted by atomic mass is 10.3. The first-order chi connectivity index (χ1) is 10.1. The molecule has 0 saturated carbocycles. The van der Waals surface area contributed by atoms with Gasteiger partial charge in [0.05, 0.1) is 18.7 Å². The second kappa shape index (κ2) is 8.79. The van der Waals surface area contributed by atoms with Crippen molar-refractivity contribution in [1.82, 2.24) is 10.1 Å². The zero-order chi connectivity index (χ0) is 15.2. The van der Waals surface area contributed by atoms with Crippen molar-refractivity contribution in [3.63, 3.8) is 0 Å². The van der Waals surface area contributed by atoms with Gasteiger partial charge in [-0.15, -0.1) is 24.0 Å². The number of aliphatic imine (C=N–C) groups is 1. The van der Waals surface area contributed by atoms with E-state index in [0.29, 0.717) is 35.5 Å². The summed E-state index contributed by atoms with van der Waals surface area (Å²) in [4.78, 5) is 8.26. The Hall–Kier alpha value is -1.55. The topological polar surface area (TPSA) is 98.6 Å². The fourth-order valence-electron chi connectivity index (χ4n) is 1.65. The van der Waals surface area contributed by atoms with E-state index in [1.165, 1.54) is 0 Å². The molecule has 120 valence electrons. The molecule has 2 aromatic rings. The quantitative estimate of drug-likeness (QED) is 0.424. The molecule has 3 N–H and O–H groups in total. The molecular formula is C13H17ClIN5O2. The first kappa shape index (κ1) is 18.5. The van der Waals surface area contributed by atoms with Crippen LogP contribution in [-0.2, 0) is 6.42 Å². The van der Waals surface area contributed by atoms with Crippen molar-refractivity contribution in [2.45, 2.75) is 13.3 Å². The van der Waals surface area contributed by atoms with Gasteiger partial charge in [-0.3, -0.25) is 4.99 Å². The number of methoxy groups -OCH3 is 1. The van der Waals surface area contributed by atoms with Gasteiger partial charge in [0.25, 0.3) is 0 Å². The summed E-state index contributed by atoms with van der Waals surface area (Å²) in [7, 11) is 1.56. The molecule has 22 heavy (non-hydrogen) atoms. The average molecular weight is 438 g/mol. The minimum Gasteiger partial charge on any atom is -0.495 e. The van der Waals surface area contributed by atoms with Crippen molar-refractivity contribution in [3.05, 3.63) is 34.9 Å². The maximum absolute atomic E-state index is 6.03. The number of aromatic nitrogens is 2. The number of nitrogens with zero attached hydrogens (tertiary/aromatic N) is 3. The van der Waals surface area contributed by atoms with Gasteiger partial charge < -0.3 is 20.3 Å². The normalized spacial score (nSPS) is 11.0. The molecule has 0 atom stereocenters. The fraction of sp³-hybridized carbons (Fsp3) is 0.308. The molecule has 0 aliphatic carbocycles. The van der Waals surface area contributed by atoms with E-state index in [2.05, 4.69) is 20.4 Å². The number of nitrogens with two attached hydrogens (primary N) is 1. The van der Waals surface area contributed by atoms with Crippen LogP contribution >= 0.6 is 35.6 Å². The third-order valence-corrected chi connectivity index (χ3v) is 2.90. The number of ether oxygens (including phenoxy) is 1. The number of hydrogen-bond acceptors (Lipinski definition) is 5. The predicted molar refractivity (Wildman–Crippen MR) is 96.3 cm³/mol. The molecule has 1 aromatic heterocycles. The monoisotopic (exact) mass is 437 g/mol. The zero-order valence-electron chi connectivity index (χ0n) is 12.2. The molecule has 0 fully saturated rings. The van der Waals surface area contributed by atoms with E-state index < -0.39 is 0 Å². The molecule has 0 aliphatic rings. The molecule has 0 aliphatic heterocycles. The molecular weight excluding hydrogens is 421 g/mol. The van der Waals surface area contributed by atoms with Crippen molar-refractivity contribution in [1.29, 1.82) is 0 Å². The standard InChI is InChI=1S/C13H16ClN5O2.HI/c1-8-17-12(21-19-8)5-6-16-13(15)18-9-3-4-11(20-2)10(14)7-9;/h3-4,7H,5-6H2,1-2H3,(H3,15,16,18);1H. The second-order valence-corrected chi connectivity index (χ2v) is 4.63. The van der Waals surface area contributed by atoms with E-state index in [1.807, 2.05) is 0 Å². The van der Waals surface area contributed by atoms with Gasteiger partial charge in [-0.05, 0) is 25.1 Å². The molecule has 1 aromatic carbocycles. The first-order valence-electron chi connectivity index (χ1n) is 6.28. The molecule has 0 spiro atoms. The van der Waals surface area contributed by atoms with E-state index in [9.17, 15) is 0 Å². The second-order valence-electron chi connectivity index (χ2n) is 4.23. The third kappa shape index (κ3) is 5.34. The lowest BCUT2D eigenvalue weighted by Gasteiger charge is -2.08. The van der Waals surface area contributed by atoms with E-state index in [-0.39, 0.29) is 29.9 Å². The maximum atomic E-state index is 6.03. The minimum absolute atomic E-state index is 0. The van der Waals surface area contributed by atoms with Crippen LogP contribution in [0.4, 0.5) is 5.69 Å². The van der Waals surface area contributed by atoms with Crippen LogP contribution in [0.1, 0.15) is 11.7 Å². The van der Waals surface area contributed by atoms with Gasteiger partial charge in [0.15, 0.2) is 11.8 Å². The van der Waals surface area contributed by atoms with Gasteiger partial charge in [0.2, 0.25) is 5.89 Å². The lowest BCUT2D eigenvalue weighted by molar-refractivity contribution is 0.376. The SMILES string of the molecule is COc1ccc(NC(N)=NCCc2nc(C)no2)cc1Cl.I. The summed E-state index contributed by atoms with van der Waals surface area (Å²) in [5.41, 5.74) is 6.53. The fourth-order valence-corrected chi connectivity index (χ4v) is 1.90. The summed E-state index contributed by atoms with van der Waals surface area (Å²) in [5.74, 6) is 2.03. The number of anilines is 1. The van der Waals surface area contributed by atoms with Crippen LogP contribution in [0, 0.1) is 6.92 Å². The molecule has 0 saturated heterocycles. The Kier molecular flexibility index (Phi) is 7.39. The molecule has 9 heteroatoms. The van der Waals surface area contributed by atoms with E-state index >= 15 is 0 Å². The van der Waals surface area contributed by atoms with Crippen molar-refractivity contribution in [3.8, 4) is 5.75 Å². The lowest BCUT2D eigenvalue weighted by Crippen LogP contribution is -2.23. The zero-order valence-corrected chi connectivity index (χ0v) is 15.3. The Morgan fingerprint density at radius 2 is 2.27 bits per heavy atom. The number of halogens is 2. The summed E-state index contributed by atoms with van der Waals surface area (Å²) in [6.45, 7) is 2.21. The first-order valence-corrected chi connectivity index (χ1v) is 6.66. The average Bonchev–Trinajstić information content (AvgIpc) is 2.84. The number of rotatable bonds is 5. The Balaban J connectivity index is 0.00000242. The Morgan fingerprint density at radius 1 is 1.50 bits per heavy atom. The Bertz CT molecular complexity index is 647. The van der Waals surface area contributed by atoms with Crippen molar-refractivity contribution >= 4 is 47.2 Å². The summed E-state index contributed by atoms with van der Waals surface area (Å²) >= 11 is 6.03. The number of aryl methyl sites for hydroxylation is 1. The Morgan fingerprint density at radius 3 is 2.86 bits per heavy atom. The summed E-state index contributed by atoms with van der Waals surface area (Å²) in [5, 5.41) is 7.14. The van der Waals surface area contributed by atoms with Gasteiger partial charge in [0.1, 0.15) is 5.75 Å². The molecule has 0 bridgehead atoms. The number of nitrogens with one attached hydrogen (secondary N) is 1. The Labute approximate surface area is 150 Å². The number of guanidine groups is 1. The highest BCUT2D eigenvalue weighted by Crippen LogP contribution is 2.26. The largest absolute Gasteiger partial charge is 0.495 e. The molecule has 0 radical (unpaired) electrons. The van der Waals surface area contributed by atoms with Gasteiger partial charge in [0, 0.05) is 12.1 Å². The smallest absolute Gasteiger partial charge is 0.228 e. The molecule has 0 amide bonds. The number of hydrogen-bond donors (Lipinski definition) is 2. The molecule has 7 nitrogen and oxygen atoms in total. The van der Waals surface area contributed by atoms with Crippen molar-refractivity contribution < 1.29 is 9.26 Å². The number of benzene rings is 1. The third-order valence-electron chi connectivity index (χ3n) is 2.60. The highest BCUT2D eigenvalue weighted by atomic mass is 127. The van der Waals surface area contributed by atoms with Crippen molar-refractivity contribution in [2.75, 3.05) is 19.0 Å².